The predicted octanol–water partition coefficient (Wildman–Crippen LogP) is 5.27. The molecule has 0 bridgehead atoms. The summed E-state index contributed by atoms with van der Waals surface area (Å²) < 4.78 is 0. The van der Waals surface area contributed by atoms with Crippen LogP contribution < -0.4 is 5.32 Å². The van der Waals surface area contributed by atoms with Crippen molar-refractivity contribution in [1.82, 2.24) is 4.98 Å². The quantitative estimate of drug-likeness (QED) is 0.778. The summed E-state index contributed by atoms with van der Waals surface area (Å²) in [6.45, 7) is 1.05. The minimum atomic E-state index is 0.771. The van der Waals surface area contributed by atoms with Gasteiger partial charge in [-0.25, -0.2) is 0 Å². The van der Waals surface area contributed by atoms with Crippen LogP contribution in [0.1, 0.15) is 38.5 Å². The average Bonchev–Trinajstić information content (AvgIpc) is 2.76. The van der Waals surface area contributed by atoms with Crippen molar-refractivity contribution in [3.63, 3.8) is 0 Å². The zero-order valence-electron chi connectivity index (χ0n) is 11.7. The van der Waals surface area contributed by atoms with E-state index in [1.165, 1.54) is 38.5 Å². The molecular weight excluding hydrogens is 268 g/mol. The highest BCUT2D eigenvalue weighted by Crippen LogP contribution is 2.29. The van der Waals surface area contributed by atoms with E-state index in [0.717, 1.165) is 34.1 Å². The van der Waals surface area contributed by atoms with Crippen LogP contribution in [0.5, 0.6) is 0 Å². The molecule has 1 aliphatic rings. The van der Waals surface area contributed by atoms with Gasteiger partial charge in [-0.2, -0.15) is 0 Å². The van der Waals surface area contributed by atoms with Gasteiger partial charge in [0.15, 0.2) is 0 Å². The third-order valence-electron chi connectivity index (χ3n) is 4.27. The fourth-order valence-corrected chi connectivity index (χ4v) is 3.32. The van der Waals surface area contributed by atoms with Crippen LogP contribution in [0, 0.1) is 5.92 Å². The van der Waals surface area contributed by atoms with Crippen LogP contribution in [-0.4, -0.2) is 11.5 Å². The van der Waals surface area contributed by atoms with E-state index in [2.05, 4.69) is 10.3 Å². The van der Waals surface area contributed by atoms with Gasteiger partial charge < -0.3 is 5.32 Å². The molecule has 0 amide bonds. The molecular formula is C17H21ClN2. The molecule has 1 fully saturated rings. The Hall–Kier alpha value is -1.28. The third-order valence-corrected chi connectivity index (χ3v) is 4.60. The van der Waals surface area contributed by atoms with E-state index in [0.29, 0.717) is 0 Å². The molecule has 0 spiro atoms. The van der Waals surface area contributed by atoms with Gasteiger partial charge in [-0.3, -0.25) is 4.98 Å². The van der Waals surface area contributed by atoms with Crippen molar-refractivity contribution in [2.45, 2.75) is 38.5 Å². The lowest BCUT2D eigenvalue weighted by Crippen LogP contribution is -2.14. The van der Waals surface area contributed by atoms with Crippen molar-refractivity contribution in [3.8, 4) is 0 Å². The van der Waals surface area contributed by atoms with Crippen molar-refractivity contribution < 1.29 is 0 Å². The van der Waals surface area contributed by atoms with E-state index in [1.807, 2.05) is 30.5 Å². The summed E-state index contributed by atoms with van der Waals surface area (Å²) >= 11 is 6.23. The highest BCUT2D eigenvalue weighted by atomic mass is 35.5. The van der Waals surface area contributed by atoms with E-state index in [9.17, 15) is 0 Å². The van der Waals surface area contributed by atoms with Crippen LogP contribution in [0.3, 0.4) is 0 Å². The van der Waals surface area contributed by atoms with Gasteiger partial charge in [0.25, 0.3) is 0 Å². The third kappa shape index (κ3) is 3.06. The molecule has 0 atom stereocenters. The Bertz CT molecular complexity index is 574. The molecule has 20 heavy (non-hydrogen) atoms. The van der Waals surface area contributed by atoms with Crippen molar-refractivity contribution in [3.05, 3.63) is 35.5 Å². The van der Waals surface area contributed by atoms with E-state index < -0.39 is 0 Å². The Balaban J connectivity index is 1.75. The number of fused-ring (bicyclic) bond motifs is 1. The molecule has 106 valence electrons. The normalized spacial score (nSPS) is 17.1. The molecule has 1 aromatic heterocycles. The minimum Gasteiger partial charge on any atom is -0.383 e. The Morgan fingerprint density at radius 1 is 1.10 bits per heavy atom. The maximum absolute atomic E-state index is 6.23. The van der Waals surface area contributed by atoms with Gasteiger partial charge in [0.2, 0.25) is 0 Å². The fraction of sp³-hybridized carbons (Fsp3) is 0.471. The molecule has 2 nitrogen and oxygen atoms in total. The van der Waals surface area contributed by atoms with Gasteiger partial charge in [-0.1, -0.05) is 37.3 Å². The number of hydrogen-bond acceptors (Lipinski definition) is 2. The van der Waals surface area contributed by atoms with Gasteiger partial charge in [-0.05, 0) is 43.0 Å². The second-order valence-electron chi connectivity index (χ2n) is 5.73. The first-order valence-electron chi connectivity index (χ1n) is 7.62. The molecule has 0 aliphatic heterocycles. The summed E-state index contributed by atoms with van der Waals surface area (Å²) in [5, 5.41) is 5.39. The molecule has 0 radical (unpaired) electrons. The summed E-state index contributed by atoms with van der Waals surface area (Å²) in [5.41, 5.74) is 2.09. The lowest BCUT2D eigenvalue weighted by atomic mass is 10.0. The maximum Gasteiger partial charge on any atom is 0.0948 e. The standard InChI is InChI=1S/C17H21ClN2/c18-15-9-10-16(17-14(15)8-5-11-19-17)20-12-13-6-3-1-2-4-7-13/h5,8-11,13,20H,1-4,6-7,12H2. The fourth-order valence-electron chi connectivity index (χ4n) is 3.10. The van der Waals surface area contributed by atoms with Crippen LogP contribution in [0.4, 0.5) is 5.69 Å². The highest BCUT2D eigenvalue weighted by molar-refractivity contribution is 6.35. The SMILES string of the molecule is Clc1ccc(NCC2CCCCCC2)c2ncccc12. The van der Waals surface area contributed by atoms with Gasteiger partial charge in [0.05, 0.1) is 16.2 Å². The lowest BCUT2D eigenvalue weighted by molar-refractivity contribution is 0.483. The van der Waals surface area contributed by atoms with Gasteiger partial charge >= 0.3 is 0 Å². The zero-order valence-corrected chi connectivity index (χ0v) is 12.5. The number of halogens is 1. The molecule has 1 aromatic carbocycles. The predicted molar refractivity (Wildman–Crippen MR) is 86.4 cm³/mol. The number of benzene rings is 1. The molecule has 3 rings (SSSR count). The topological polar surface area (TPSA) is 24.9 Å². The molecule has 1 heterocycles. The van der Waals surface area contributed by atoms with Crippen LogP contribution in [0.25, 0.3) is 10.9 Å². The number of nitrogens with zero attached hydrogens (tertiary/aromatic N) is 1. The smallest absolute Gasteiger partial charge is 0.0948 e. The van der Waals surface area contributed by atoms with E-state index in [4.69, 9.17) is 11.6 Å². The first-order valence-corrected chi connectivity index (χ1v) is 7.99. The van der Waals surface area contributed by atoms with E-state index >= 15 is 0 Å². The summed E-state index contributed by atoms with van der Waals surface area (Å²) in [6.07, 6.45) is 10.1. The molecule has 0 saturated heterocycles. The van der Waals surface area contributed by atoms with E-state index in [-0.39, 0.29) is 0 Å². The number of aromatic nitrogens is 1. The molecule has 1 saturated carbocycles. The number of hydrogen-bond donors (Lipinski definition) is 1. The Kier molecular flexibility index (Phi) is 4.41. The second-order valence-corrected chi connectivity index (χ2v) is 6.14. The zero-order chi connectivity index (χ0) is 13.8. The average molecular weight is 289 g/mol. The number of pyridine rings is 1. The molecule has 2 aromatic rings. The van der Waals surface area contributed by atoms with Gasteiger partial charge in [-0.15, -0.1) is 0 Å². The Morgan fingerprint density at radius 3 is 2.70 bits per heavy atom. The summed E-state index contributed by atoms with van der Waals surface area (Å²) in [4.78, 5) is 4.48. The minimum absolute atomic E-state index is 0.771. The monoisotopic (exact) mass is 288 g/mol. The van der Waals surface area contributed by atoms with Crippen molar-refractivity contribution in [1.29, 1.82) is 0 Å². The van der Waals surface area contributed by atoms with E-state index in [1.54, 1.807) is 0 Å². The summed E-state index contributed by atoms with van der Waals surface area (Å²) in [7, 11) is 0. The molecule has 1 aliphatic carbocycles. The Labute approximate surface area is 125 Å². The first-order chi connectivity index (χ1) is 9.84. The van der Waals surface area contributed by atoms with Crippen LogP contribution in [-0.2, 0) is 0 Å². The van der Waals surface area contributed by atoms with Crippen molar-refractivity contribution in [2.75, 3.05) is 11.9 Å². The van der Waals surface area contributed by atoms with Crippen molar-refractivity contribution in [2.24, 2.45) is 5.92 Å². The summed E-state index contributed by atoms with van der Waals surface area (Å²) in [5.74, 6) is 0.798. The van der Waals surface area contributed by atoms with Gasteiger partial charge in [0, 0.05) is 18.1 Å². The summed E-state index contributed by atoms with van der Waals surface area (Å²) in [6, 6.07) is 7.97. The number of anilines is 1. The first kappa shape index (κ1) is 13.7. The molecule has 3 heteroatoms. The Morgan fingerprint density at radius 2 is 1.90 bits per heavy atom. The second kappa shape index (κ2) is 6.45. The maximum atomic E-state index is 6.23. The van der Waals surface area contributed by atoms with Crippen LogP contribution in [0.2, 0.25) is 5.02 Å². The highest BCUT2D eigenvalue weighted by Gasteiger charge is 2.13. The van der Waals surface area contributed by atoms with Crippen molar-refractivity contribution >= 4 is 28.2 Å². The van der Waals surface area contributed by atoms with Gasteiger partial charge in [0.1, 0.15) is 0 Å². The van der Waals surface area contributed by atoms with Crippen LogP contribution >= 0.6 is 11.6 Å². The number of rotatable bonds is 3. The number of nitrogens with one attached hydrogen (secondary N) is 1. The lowest BCUT2D eigenvalue weighted by Gasteiger charge is -2.16. The van der Waals surface area contributed by atoms with Crippen LogP contribution in [0.15, 0.2) is 30.5 Å². The molecule has 1 N–H and O–H groups in total. The molecule has 0 unspecified atom stereocenters. The largest absolute Gasteiger partial charge is 0.383 e.